The maximum atomic E-state index is 12.3. The van der Waals surface area contributed by atoms with Gasteiger partial charge >= 0.3 is 0 Å². The van der Waals surface area contributed by atoms with Crippen molar-refractivity contribution in [3.63, 3.8) is 0 Å². The fourth-order valence-electron chi connectivity index (χ4n) is 1.73. The van der Waals surface area contributed by atoms with Gasteiger partial charge in [0, 0.05) is 19.7 Å². The molecule has 2 rings (SSSR count). The number of hydrogen-bond acceptors (Lipinski definition) is 6. The van der Waals surface area contributed by atoms with Crippen LogP contribution in [-0.4, -0.2) is 42.5 Å². The van der Waals surface area contributed by atoms with E-state index in [1.807, 2.05) is 6.07 Å². The molecular formula is C13H13N5O3S. The summed E-state index contributed by atoms with van der Waals surface area (Å²) in [5.74, 6) is -0.705. The Morgan fingerprint density at radius 3 is 2.64 bits per heavy atom. The Hall–Kier alpha value is -2.70. The zero-order valence-corrected chi connectivity index (χ0v) is 12.7. The number of anilines is 1. The third kappa shape index (κ3) is 2.57. The smallest absolute Gasteiger partial charge is 0.280 e. The molecule has 0 aliphatic heterocycles. The first kappa shape index (κ1) is 15.7. The Balaban J connectivity index is 2.49. The molecule has 0 saturated carbocycles. The van der Waals surface area contributed by atoms with Crippen LogP contribution >= 0.6 is 0 Å². The van der Waals surface area contributed by atoms with E-state index in [1.165, 1.54) is 44.6 Å². The first-order valence-corrected chi connectivity index (χ1v) is 7.54. The molecule has 0 radical (unpaired) electrons. The molecule has 0 atom stereocenters. The highest BCUT2D eigenvalue weighted by Gasteiger charge is 2.21. The largest absolute Gasteiger partial charge is 0.382 e. The summed E-state index contributed by atoms with van der Waals surface area (Å²) in [5.41, 5.74) is 5.83. The summed E-state index contributed by atoms with van der Waals surface area (Å²) >= 11 is 0. The van der Waals surface area contributed by atoms with Gasteiger partial charge in [0.05, 0.1) is 11.1 Å². The van der Waals surface area contributed by atoms with Crippen LogP contribution in [0.1, 0.15) is 15.9 Å². The molecule has 8 nitrogen and oxygen atoms in total. The van der Waals surface area contributed by atoms with Crippen molar-refractivity contribution in [3.05, 3.63) is 41.6 Å². The second-order valence-electron chi connectivity index (χ2n) is 4.59. The fraction of sp³-hybridized carbons (Fsp3) is 0.154. The monoisotopic (exact) mass is 319 g/mol. The maximum Gasteiger partial charge on any atom is 0.280 e. The Labute approximate surface area is 127 Å². The first-order valence-electron chi connectivity index (χ1n) is 6.10. The van der Waals surface area contributed by atoms with Gasteiger partial charge in [0.1, 0.15) is 17.5 Å². The van der Waals surface area contributed by atoms with Gasteiger partial charge in [-0.3, -0.25) is 4.79 Å². The molecule has 0 fully saturated rings. The van der Waals surface area contributed by atoms with Gasteiger partial charge in [-0.15, -0.1) is 0 Å². The average molecular weight is 319 g/mol. The summed E-state index contributed by atoms with van der Waals surface area (Å²) in [7, 11) is -0.862. The molecule has 0 unspecified atom stereocenters. The van der Waals surface area contributed by atoms with E-state index in [9.17, 15) is 13.2 Å². The highest BCUT2D eigenvalue weighted by molar-refractivity contribution is 7.89. The van der Waals surface area contributed by atoms with Crippen LogP contribution < -0.4 is 5.73 Å². The predicted octanol–water partition coefficient (Wildman–Crippen LogP) is 0.276. The summed E-state index contributed by atoms with van der Waals surface area (Å²) in [4.78, 5) is 12.3. The number of rotatable bonds is 3. The molecule has 0 bridgehead atoms. The van der Waals surface area contributed by atoms with E-state index >= 15 is 0 Å². The second-order valence-corrected chi connectivity index (χ2v) is 6.74. The van der Waals surface area contributed by atoms with Crippen LogP contribution in [-0.2, 0) is 10.0 Å². The van der Waals surface area contributed by atoms with E-state index in [1.54, 1.807) is 0 Å². The van der Waals surface area contributed by atoms with Crippen molar-refractivity contribution < 1.29 is 13.2 Å². The van der Waals surface area contributed by atoms with Crippen LogP contribution in [0.25, 0.3) is 0 Å². The van der Waals surface area contributed by atoms with E-state index in [4.69, 9.17) is 11.0 Å². The molecule has 2 N–H and O–H groups in total. The van der Waals surface area contributed by atoms with E-state index in [-0.39, 0.29) is 21.8 Å². The zero-order valence-electron chi connectivity index (χ0n) is 11.9. The number of nitrogens with zero attached hydrogens (tertiary/aromatic N) is 4. The molecule has 1 aromatic carbocycles. The molecule has 2 aromatic rings. The van der Waals surface area contributed by atoms with Crippen molar-refractivity contribution in [2.24, 2.45) is 0 Å². The summed E-state index contributed by atoms with van der Waals surface area (Å²) < 4.78 is 26.1. The third-order valence-electron chi connectivity index (χ3n) is 2.98. The number of nitrogen functional groups attached to an aromatic ring is 1. The number of benzene rings is 1. The molecule has 0 spiro atoms. The number of carbonyl (C=O) groups is 1. The van der Waals surface area contributed by atoms with Crippen molar-refractivity contribution in [3.8, 4) is 6.07 Å². The quantitative estimate of drug-likeness (QED) is 0.866. The van der Waals surface area contributed by atoms with Gasteiger partial charge in [0.15, 0.2) is 0 Å². The van der Waals surface area contributed by atoms with Crippen LogP contribution in [0.5, 0.6) is 0 Å². The van der Waals surface area contributed by atoms with Gasteiger partial charge in [0.2, 0.25) is 10.0 Å². The van der Waals surface area contributed by atoms with Gasteiger partial charge in [-0.2, -0.15) is 15.0 Å². The minimum Gasteiger partial charge on any atom is -0.382 e. The SMILES string of the molecule is CN(C)S(=O)(=O)c1cccc(C(=O)n2ncc(C#N)c2N)c1. The number of hydrogen-bond donors (Lipinski definition) is 1. The summed E-state index contributed by atoms with van der Waals surface area (Å²) in [6.07, 6.45) is 1.17. The van der Waals surface area contributed by atoms with E-state index in [0.717, 1.165) is 8.99 Å². The van der Waals surface area contributed by atoms with Gasteiger partial charge in [-0.25, -0.2) is 12.7 Å². The molecule has 0 aliphatic rings. The van der Waals surface area contributed by atoms with Gasteiger partial charge in [0.25, 0.3) is 5.91 Å². The Morgan fingerprint density at radius 2 is 2.09 bits per heavy atom. The van der Waals surface area contributed by atoms with E-state index < -0.39 is 15.9 Å². The van der Waals surface area contributed by atoms with Gasteiger partial charge in [-0.05, 0) is 18.2 Å². The van der Waals surface area contributed by atoms with Gasteiger partial charge in [-0.1, -0.05) is 6.07 Å². The van der Waals surface area contributed by atoms with E-state index in [2.05, 4.69) is 5.10 Å². The summed E-state index contributed by atoms with van der Waals surface area (Å²) in [6, 6.07) is 7.34. The number of carbonyl (C=O) groups excluding carboxylic acids is 1. The van der Waals surface area contributed by atoms with Crippen LogP contribution in [0, 0.1) is 11.3 Å². The Morgan fingerprint density at radius 1 is 1.41 bits per heavy atom. The molecule has 0 amide bonds. The van der Waals surface area contributed by atoms with Crippen molar-refractivity contribution in [1.82, 2.24) is 14.1 Å². The standard InChI is InChI=1S/C13H13N5O3S/c1-17(2)22(20,21)11-5-3-4-9(6-11)13(19)18-12(15)10(7-14)8-16-18/h3-6,8H,15H2,1-2H3. The predicted molar refractivity (Wildman–Crippen MR) is 78.4 cm³/mol. The third-order valence-corrected chi connectivity index (χ3v) is 4.79. The maximum absolute atomic E-state index is 12.3. The normalized spacial score (nSPS) is 11.4. The van der Waals surface area contributed by atoms with Crippen LogP contribution in [0.2, 0.25) is 0 Å². The average Bonchev–Trinajstić information content (AvgIpc) is 2.87. The topological polar surface area (TPSA) is 122 Å². The van der Waals surface area contributed by atoms with Crippen molar-refractivity contribution >= 4 is 21.7 Å². The Kier molecular flexibility index (Phi) is 3.99. The molecule has 0 aliphatic carbocycles. The molecule has 22 heavy (non-hydrogen) atoms. The minimum absolute atomic E-state index is 0.0189. The number of nitriles is 1. The van der Waals surface area contributed by atoms with Crippen molar-refractivity contribution in [2.45, 2.75) is 4.90 Å². The lowest BCUT2D eigenvalue weighted by molar-refractivity contribution is 0.0947. The van der Waals surface area contributed by atoms with Crippen LogP contribution in [0.3, 0.4) is 0 Å². The highest BCUT2D eigenvalue weighted by atomic mass is 32.2. The molecule has 1 heterocycles. The second kappa shape index (κ2) is 5.59. The van der Waals surface area contributed by atoms with E-state index in [0.29, 0.717) is 0 Å². The molecule has 1 aromatic heterocycles. The van der Waals surface area contributed by atoms with Crippen molar-refractivity contribution in [2.75, 3.05) is 19.8 Å². The number of aromatic nitrogens is 2. The fourth-order valence-corrected chi connectivity index (χ4v) is 2.68. The minimum atomic E-state index is -3.66. The lowest BCUT2D eigenvalue weighted by Gasteiger charge is -2.12. The number of nitrogens with two attached hydrogens (primary N) is 1. The molecule has 114 valence electrons. The molecule has 9 heteroatoms. The van der Waals surface area contributed by atoms with Crippen molar-refractivity contribution in [1.29, 1.82) is 5.26 Å². The first-order chi connectivity index (χ1) is 10.3. The lowest BCUT2D eigenvalue weighted by atomic mass is 10.2. The number of sulfonamides is 1. The lowest BCUT2D eigenvalue weighted by Crippen LogP contribution is -2.23. The Bertz CT molecular complexity index is 877. The van der Waals surface area contributed by atoms with Crippen LogP contribution in [0.15, 0.2) is 35.4 Å². The summed E-state index contributed by atoms with van der Waals surface area (Å²) in [6.45, 7) is 0. The molecule has 0 saturated heterocycles. The zero-order chi connectivity index (χ0) is 16.5. The highest BCUT2D eigenvalue weighted by Crippen LogP contribution is 2.17. The van der Waals surface area contributed by atoms with Gasteiger partial charge < -0.3 is 5.73 Å². The molecular weight excluding hydrogens is 306 g/mol. The summed E-state index contributed by atoms with van der Waals surface area (Å²) in [5, 5.41) is 12.6. The van der Waals surface area contributed by atoms with Crippen LogP contribution in [0.4, 0.5) is 5.82 Å².